The summed E-state index contributed by atoms with van der Waals surface area (Å²) in [6.07, 6.45) is 1.74. The van der Waals surface area contributed by atoms with Gasteiger partial charge in [-0.2, -0.15) is 0 Å². The molecule has 1 saturated heterocycles. The highest BCUT2D eigenvalue weighted by Gasteiger charge is 2.52. The van der Waals surface area contributed by atoms with E-state index in [4.69, 9.17) is 18.8 Å². The molecule has 1 aliphatic heterocycles. The van der Waals surface area contributed by atoms with E-state index >= 15 is 0 Å². The number of nitrogens with one attached hydrogen (secondary N) is 1. The second-order valence-corrected chi connectivity index (χ2v) is 7.82. The summed E-state index contributed by atoms with van der Waals surface area (Å²) in [6.45, 7) is 9.35. The lowest BCUT2D eigenvalue weighted by Gasteiger charge is -2.32. The normalized spacial score (nSPS) is 17.8. The van der Waals surface area contributed by atoms with Crippen molar-refractivity contribution in [3.8, 4) is 11.5 Å². The van der Waals surface area contributed by atoms with Gasteiger partial charge >= 0.3 is 13.1 Å². The Morgan fingerprint density at radius 2 is 1.59 bits per heavy atom. The van der Waals surface area contributed by atoms with Crippen LogP contribution in [0, 0.1) is 0 Å². The van der Waals surface area contributed by atoms with Crippen LogP contribution in [0.15, 0.2) is 17.6 Å². The molecule has 0 unspecified atom stereocenters. The first-order valence-electron chi connectivity index (χ1n) is 9.21. The minimum Gasteiger partial charge on any atom is -0.496 e. The molecule has 0 aromatic heterocycles. The Hall–Kier alpha value is -2.52. The predicted octanol–water partition coefficient (Wildman–Crippen LogP) is 2.55. The third-order valence-corrected chi connectivity index (χ3v) is 5.22. The molecule has 9 heteroatoms. The van der Waals surface area contributed by atoms with Gasteiger partial charge in [0, 0.05) is 13.5 Å². The van der Waals surface area contributed by atoms with E-state index in [1.807, 2.05) is 27.7 Å². The fraction of sp³-hybridized carbons (Fsp3) is 0.500. The Bertz CT molecular complexity index is 791. The fourth-order valence-electron chi connectivity index (χ4n) is 2.81. The van der Waals surface area contributed by atoms with Crippen LogP contribution in [-0.2, 0) is 14.1 Å². The molecule has 0 saturated carbocycles. The molecular weight excluding hydrogens is 377 g/mol. The summed E-state index contributed by atoms with van der Waals surface area (Å²) in [5.74, 6) is -0.661. The summed E-state index contributed by atoms with van der Waals surface area (Å²) in [5.41, 5.74) is 0.0753. The Labute approximate surface area is 171 Å². The van der Waals surface area contributed by atoms with Gasteiger partial charge in [0.2, 0.25) is 5.91 Å². The van der Waals surface area contributed by atoms with Crippen LogP contribution in [0.2, 0.25) is 0 Å². The lowest BCUT2D eigenvalue weighted by molar-refractivity contribution is -0.118. The number of benzene rings is 1. The first-order chi connectivity index (χ1) is 13.4. The van der Waals surface area contributed by atoms with Gasteiger partial charge in [-0.1, -0.05) is 0 Å². The van der Waals surface area contributed by atoms with Crippen molar-refractivity contribution in [3.63, 3.8) is 0 Å². The summed E-state index contributed by atoms with van der Waals surface area (Å²) in [7, 11) is 2.18. The number of hydrogen-bond acceptors (Lipinski definition) is 6. The summed E-state index contributed by atoms with van der Waals surface area (Å²) in [4.78, 5) is 22.9. The lowest BCUT2D eigenvalue weighted by atomic mass is 9.76. The standard InChI is InChI=1S/C20H28BNO7/c1-12(23)22-11-14(21-28-19(2,3)20(4,5)29-21)10-15-16(26-6)8-13(18(24)25)9-17(15)27-7/h8-10H,11H2,1-7H3,(H,22,23)(H,24,25). The van der Waals surface area contributed by atoms with Gasteiger partial charge in [-0.15, -0.1) is 0 Å². The molecular formula is C20H28BNO7. The molecule has 0 atom stereocenters. The number of hydrogen-bond donors (Lipinski definition) is 2. The highest BCUT2D eigenvalue weighted by molar-refractivity contribution is 6.56. The number of rotatable bonds is 7. The van der Waals surface area contributed by atoms with E-state index in [0.717, 1.165) is 0 Å². The van der Waals surface area contributed by atoms with Crippen LogP contribution in [0.4, 0.5) is 0 Å². The number of carbonyl (C=O) groups excluding carboxylic acids is 1. The molecule has 0 bridgehead atoms. The van der Waals surface area contributed by atoms with E-state index in [1.54, 1.807) is 6.08 Å². The molecule has 29 heavy (non-hydrogen) atoms. The minimum absolute atomic E-state index is 0.0369. The maximum absolute atomic E-state index is 11.5. The number of ether oxygens (including phenoxy) is 2. The van der Waals surface area contributed by atoms with Crippen molar-refractivity contribution in [2.75, 3.05) is 20.8 Å². The number of amides is 1. The zero-order valence-electron chi connectivity index (χ0n) is 17.9. The molecule has 2 N–H and O–H groups in total. The molecule has 1 fully saturated rings. The van der Waals surface area contributed by atoms with Crippen LogP contribution in [0.5, 0.6) is 11.5 Å². The van der Waals surface area contributed by atoms with Crippen LogP contribution >= 0.6 is 0 Å². The topological polar surface area (TPSA) is 103 Å². The van der Waals surface area contributed by atoms with Gasteiger partial charge in [0.05, 0.1) is 36.5 Å². The van der Waals surface area contributed by atoms with E-state index in [2.05, 4.69) is 5.32 Å². The highest BCUT2D eigenvalue weighted by atomic mass is 16.7. The Balaban J connectivity index is 2.57. The number of carbonyl (C=O) groups is 2. The molecule has 0 aliphatic carbocycles. The largest absolute Gasteiger partial charge is 0.496 e. The van der Waals surface area contributed by atoms with Crippen molar-refractivity contribution in [2.45, 2.75) is 45.8 Å². The maximum Gasteiger partial charge on any atom is 0.492 e. The predicted molar refractivity (Wildman–Crippen MR) is 109 cm³/mol. The van der Waals surface area contributed by atoms with Gasteiger partial charge in [0.25, 0.3) is 0 Å². The number of carboxylic acid groups (broad SMARTS) is 1. The second kappa shape index (κ2) is 8.46. The Kier molecular flexibility index (Phi) is 6.65. The van der Waals surface area contributed by atoms with Crippen molar-refractivity contribution in [3.05, 3.63) is 28.7 Å². The molecule has 0 radical (unpaired) electrons. The van der Waals surface area contributed by atoms with E-state index in [-0.39, 0.29) is 18.0 Å². The van der Waals surface area contributed by atoms with E-state index < -0.39 is 24.3 Å². The first-order valence-corrected chi connectivity index (χ1v) is 9.21. The monoisotopic (exact) mass is 405 g/mol. The average molecular weight is 405 g/mol. The van der Waals surface area contributed by atoms with Gasteiger partial charge < -0.3 is 29.2 Å². The van der Waals surface area contributed by atoms with Crippen molar-refractivity contribution in [2.24, 2.45) is 0 Å². The average Bonchev–Trinajstić information content (AvgIpc) is 2.85. The summed E-state index contributed by atoms with van der Waals surface area (Å²) in [5, 5.41) is 12.1. The SMILES string of the molecule is COc1cc(C(=O)O)cc(OC)c1C=C(CNC(C)=O)B1OC(C)(C)C(C)(C)O1. The minimum atomic E-state index is -1.10. The van der Waals surface area contributed by atoms with Gasteiger partial charge in [-0.25, -0.2) is 4.79 Å². The number of carboxylic acids is 1. The van der Waals surface area contributed by atoms with Crippen LogP contribution in [0.3, 0.4) is 0 Å². The molecule has 1 aromatic rings. The van der Waals surface area contributed by atoms with Crippen molar-refractivity contribution < 1.29 is 33.5 Å². The second-order valence-electron chi connectivity index (χ2n) is 7.82. The Morgan fingerprint density at radius 3 is 1.97 bits per heavy atom. The molecule has 0 spiro atoms. The van der Waals surface area contributed by atoms with Crippen LogP contribution in [0.25, 0.3) is 6.08 Å². The quantitative estimate of drug-likeness (QED) is 0.672. The Morgan fingerprint density at radius 1 is 1.10 bits per heavy atom. The fourth-order valence-corrected chi connectivity index (χ4v) is 2.81. The highest BCUT2D eigenvalue weighted by Crippen LogP contribution is 2.40. The van der Waals surface area contributed by atoms with Crippen molar-refractivity contribution >= 4 is 25.1 Å². The molecule has 1 heterocycles. The number of methoxy groups -OCH3 is 2. The van der Waals surface area contributed by atoms with Crippen LogP contribution in [0.1, 0.15) is 50.5 Å². The number of aromatic carboxylic acids is 1. The van der Waals surface area contributed by atoms with E-state index in [0.29, 0.717) is 22.5 Å². The van der Waals surface area contributed by atoms with Gasteiger partial charge in [0.15, 0.2) is 0 Å². The third-order valence-electron chi connectivity index (χ3n) is 5.22. The van der Waals surface area contributed by atoms with Gasteiger partial charge in [-0.3, -0.25) is 4.79 Å². The lowest BCUT2D eigenvalue weighted by Crippen LogP contribution is -2.41. The summed E-state index contributed by atoms with van der Waals surface area (Å²) < 4.78 is 23.0. The third kappa shape index (κ3) is 4.91. The zero-order valence-corrected chi connectivity index (χ0v) is 17.9. The molecule has 1 aromatic carbocycles. The van der Waals surface area contributed by atoms with Crippen LogP contribution < -0.4 is 14.8 Å². The van der Waals surface area contributed by atoms with Crippen LogP contribution in [-0.4, -0.2) is 56.1 Å². The molecule has 1 amide bonds. The molecule has 1 aliphatic rings. The van der Waals surface area contributed by atoms with Gasteiger partial charge in [-0.05, 0) is 51.4 Å². The zero-order chi connectivity index (χ0) is 22.0. The van der Waals surface area contributed by atoms with Gasteiger partial charge in [0.1, 0.15) is 11.5 Å². The first kappa shape index (κ1) is 22.8. The molecule has 158 valence electrons. The molecule has 8 nitrogen and oxygen atoms in total. The van der Waals surface area contributed by atoms with E-state index in [1.165, 1.54) is 33.3 Å². The maximum atomic E-state index is 11.5. The smallest absolute Gasteiger partial charge is 0.492 e. The summed E-state index contributed by atoms with van der Waals surface area (Å²) in [6, 6.07) is 2.83. The van der Waals surface area contributed by atoms with Crippen molar-refractivity contribution in [1.82, 2.24) is 5.32 Å². The summed E-state index contributed by atoms with van der Waals surface area (Å²) >= 11 is 0. The van der Waals surface area contributed by atoms with E-state index in [9.17, 15) is 14.7 Å². The van der Waals surface area contributed by atoms with Crippen molar-refractivity contribution in [1.29, 1.82) is 0 Å². The molecule has 2 rings (SSSR count).